The largest absolute Gasteiger partial charge is 5.00 e. The Morgan fingerprint density at radius 3 is 1.21 bits per heavy atom. The predicted molar refractivity (Wildman–Crippen MR) is 99.7 cm³/mol. The van der Waals surface area contributed by atoms with Crippen molar-refractivity contribution >= 4 is 32.2 Å². The fourth-order valence-corrected chi connectivity index (χ4v) is 3.78. The van der Waals surface area contributed by atoms with Gasteiger partial charge in [-0.2, -0.15) is 13.1 Å². The monoisotopic (exact) mass is 637 g/mol. The van der Waals surface area contributed by atoms with E-state index in [1.54, 1.807) is 0 Å². The molecule has 0 spiro atoms. The van der Waals surface area contributed by atoms with Crippen LogP contribution in [-0.2, 0) is 46.9 Å². The Bertz CT molecular complexity index is 1230. The fraction of sp³-hybridized carbons (Fsp3) is 0.222. The number of hydrogen-bond acceptors (Lipinski definition) is 12. The van der Waals surface area contributed by atoms with E-state index in [1.807, 2.05) is 0 Å². The number of benzene rings is 2. The number of aliphatic carboxylic acids is 2. The Kier molecular flexibility index (Phi) is 20.1. The molecule has 0 aliphatic heterocycles. The molecule has 2 aromatic rings. The van der Waals surface area contributed by atoms with Crippen LogP contribution in [0.15, 0.2) is 46.2 Å². The average molecular weight is 637 g/mol. The van der Waals surface area contributed by atoms with Gasteiger partial charge in [0.2, 0.25) is 0 Å². The Labute approximate surface area is 294 Å². The van der Waals surface area contributed by atoms with Crippen LogP contribution in [0.2, 0.25) is 0 Å². The first-order chi connectivity index (χ1) is 15.6. The van der Waals surface area contributed by atoms with Gasteiger partial charge in [0, 0.05) is 11.9 Å². The molecular weight excluding hydrogens is 625 g/mol. The zero-order valence-electron chi connectivity index (χ0n) is 20.0. The molecule has 0 N–H and O–H groups in total. The van der Waals surface area contributed by atoms with Gasteiger partial charge in [0.15, 0.2) is 0 Å². The molecule has 0 amide bonds. The van der Waals surface area contributed by atoms with E-state index in [1.165, 1.54) is 0 Å². The molecule has 189 valence electrons. The molecule has 0 aromatic heterocycles. The van der Waals surface area contributed by atoms with Crippen LogP contribution in [0.3, 0.4) is 0 Å². The molecule has 2 rings (SSSR count). The summed E-state index contributed by atoms with van der Waals surface area (Å²) in [6.45, 7) is -1.19. The van der Waals surface area contributed by atoms with Gasteiger partial charge in [-0.1, -0.05) is 35.3 Å². The molecule has 2 aromatic carbocycles. The van der Waals surface area contributed by atoms with Gasteiger partial charge < -0.3 is 49.8 Å². The number of carbonyl (C=O) groups is 2. The molecule has 0 aliphatic rings. The van der Waals surface area contributed by atoms with Crippen LogP contribution in [-0.4, -0.2) is 51.0 Å². The molecule has 0 aliphatic carbocycles. The molecule has 38 heavy (non-hydrogen) atoms. The minimum atomic E-state index is -5.03. The molecular formula is C18H12FeN2Na3O12S2. The molecule has 0 fully saturated rings. The minimum Gasteiger partial charge on any atom is -0.872 e. The van der Waals surface area contributed by atoms with Crippen molar-refractivity contribution in [3.05, 3.63) is 58.2 Å². The first-order valence-electron chi connectivity index (χ1n) is 8.91. The fourth-order valence-electron chi connectivity index (χ4n) is 2.76. The first-order valence-corrected chi connectivity index (χ1v) is 11.7. The van der Waals surface area contributed by atoms with E-state index in [0.717, 1.165) is 0 Å². The van der Waals surface area contributed by atoms with Crippen molar-refractivity contribution in [2.75, 3.05) is 13.1 Å². The van der Waals surface area contributed by atoms with E-state index in [9.17, 15) is 56.0 Å². The van der Waals surface area contributed by atoms with Gasteiger partial charge in [-0.15, -0.1) is 11.5 Å². The predicted octanol–water partition coefficient (Wildman–Crippen LogP) is -12.3. The van der Waals surface area contributed by atoms with E-state index in [-0.39, 0.29) is 106 Å². The SMILES string of the molecule is O=C([O-])C([N-]CC[N-]C(C(=O)[O-])c1cc(S(=O)(=O)[O-])ccc1[O-])c1cc(S(=O)(=O)[O-])ccc1[O-].[Fe+5].[Na+].[Na+].[Na+]. The first kappa shape index (κ1) is 42.7. The van der Waals surface area contributed by atoms with Gasteiger partial charge in [-0.05, 0) is 24.3 Å². The molecule has 2 atom stereocenters. The van der Waals surface area contributed by atoms with Crippen molar-refractivity contribution in [3.63, 3.8) is 0 Å². The Balaban J connectivity index is -0.00000306. The van der Waals surface area contributed by atoms with Crippen LogP contribution in [0.1, 0.15) is 23.2 Å². The number of carbonyl (C=O) groups excluding carboxylic acids is 2. The summed E-state index contributed by atoms with van der Waals surface area (Å²) in [5.74, 6) is -5.82. The Hall–Kier alpha value is 0.239. The zero-order chi connectivity index (χ0) is 25.8. The summed E-state index contributed by atoms with van der Waals surface area (Å²) in [7, 11) is -10.1. The smallest absolute Gasteiger partial charge is 0.872 e. The maximum Gasteiger partial charge on any atom is 5.00 e. The van der Waals surface area contributed by atoms with Gasteiger partial charge in [0.25, 0.3) is 0 Å². The topological polar surface area (TPSA) is 269 Å². The van der Waals surface area contributed by atoms with Crippen LogP contribution in [0, 0.1) is 0 Å². The third kappa shape index (κ3) is 12.0. The summed E-state index contributed by atoms with van der Waals surface area (Å²) in [6, 6.07) is -0.398. The number of nitrogens with zero attached hydrogens (tertiary/aromatic N) is 2. The maximum atomic E-state index is 11.9. The van der Waals surface area contributed by atoms with Crippen molar-refractivity contribution in [2.45, 2.75) is 21.9 Å². The zero-order valence-corrected chi connectivity index (χ0v) is 28.7. The van der Waals surface area contributed by atoms with Crippen molar-refractivity contribution in [2.24, 2.45) is 0 Å². The summed E-state index contributed by atoms with van der Waals surface area (Å²) >= 11 is 0. The third-order valence-electron chi connectivity index (χ3n) is 4.30. The van der Waals surface area contributed by atoms with Gasteiger partial charge in [-0.3, -0.25) is 0 Å². The molecule has 1 radical (unpaired) electrons. The number of carboxylic acid groups (broad SMARTS) is 2. The van der Waals surface area contributed by atoms with E-state index >= 15 is 0 Å². The van der Waals surface area contributed by atoms with E-state index in [4.69, 9.17) is 0 Å². The summed E-state index contributed by atoms with van der Waals surface area (Å²) in [6.07, 6.45) is 0. The number of hydrogen-bond donors (Lipinski definition) is 0. The van der Waals surface area contributed by atoms with Crippen LogP contribution in [0.4, 0.5) is 0 Å². The third-order valence-corrected chi connectivity index (χ3v) is 5.96. The second-order valence-corrected chi connectivity index (χ2v) is 9.32. The summed E-state index contributed by atoms with van der Waals surface area (Å²) in [5.41, 5.74) is -1.41. The van der Waals surface area contributed by atoms with Crippen LogP contribution < -0.4 is 109 Å². The average Bonchev–Trinajstić information content (AvgIpc) is 2.70. The van der Waals surface area contributed by atoms with Gasteiger partial charge in [-0.25, -0.2) is 16.8 Å². The van der Waals surface area contributed by atoms with E-state index in [2.05, 4.69) is 10.6 Å². The van der Waals surface area contributed by atoms with E-state index in [0.29, 0.717) is 36.4 Å². The van der Waals surface area contributed by atoms with Crippen LogP contribution >= 0.6 is 0 Å². The van der Waals surface area contributed by atoms with Crippen molar-refractivity contribution in [3.8, 4) is 11.5 Å². The Morgan fingerprint density at radius 2 is 0.974 bits per heavy atom. The number of carboxylic acids is 2. The standard InChI is InChI=1S/C18H18N2O12S2.Fe.3Na/c21-13-3-1-9(33(27,28)29)7-11(13)15(17(23)24)19-5-6-20-16(18(25)26)12-8-10(34(30,31)32)2-4-14(12)22;;;;/h1-4,7-8,15-16,21-22H,5-6H2,(H,23,24)(H,25,26)(H,27,28,29)(H,30,31,32);;;;/q-2;+5;3*+1/p-6. The van der Waals surface area contributed by atoms with Crippen LogP contribution in [0.25, 0.3) is 10.6 Å². The maximum absolute atomic E-state index is 11.9. The van der Waals surface area contributed by atoms with Gasteiger partial charge >= 0.3 is 106 Å². The summed E-state index contributed by atoms with van der Waals surface area (Å²) in [5, 5.41) is 53.9. The van der Waals surface area contributed by atoms with Crippen molar-refractivity contribution in [1.82, 2.24) is 0 Å². The van der Waals surface area contributed by atoms with E-state index < -0.39 is 89.8 Å². The van der Waals surface area contributed by atoms with Crippen molar-refractivity contribution in [1.29, 1.82) is 0 Å². The molecule has 14 nitrogen and oxygen atoms in total. The summed E-state index contributed by atoms with van der Waals surface area (Å²) < 4.78 is 66.8. The second-order valence-electron chi connectivity index (χ2n) is 6.56. The van der Waals surface area contributed by atoms with Gasteiger partial charge in [0.05, 0.1) is 9.79 Å². The minimum absolute atomic E-state index is 0. The molecule has 0 saturated heterocycles. The molecule has 0 saturated carbocycles. The quantitative estimate of drug-likeness (QED) is 0.126. The molecule has 20 heteroatoms. The second kappa shape index (κ2) is 17.9. The molecule has 2 unspecified atom stereocenters. The number of rotatable bonds is 11. The van der Waals surface area contributed by atoms with Crippen molar-refractivity contribution < 1.29 is 162 Å². The normalized spacial score (nSPS) is 12.4. The summed E-state index contributed by atoms with van der Waals surface area (Å²) in [4.78, 5) is 21.1. The molecule has 0 heterocycles. The molecule has 0 bridgehead atoms. The van der Waals surface area contributed by atoms with Crippen LogP contribution in [0.5, 0.6) is 11.5 Å². The van der Waals surface area contributed by atoms with Gasteiger partial charge in [0.1, 0.15) is 20.2 Å². The Morgan fingerprint density at radius 1 is 0.684 bits per heavy atom.